The third-order valence-electron chi connectivity index (χ3n) is 2.36. The fourth-order valence-electron chi connectivity index (χ4n) is 1.55. The van der Waals surface area contributed by atoms with Gasteiger partial charge in [0.25, 0.3) is 5.91 Å². The predicted molar refractivity (Wildman–Crippen MR) is 43.3 cm³/mol. The fourth-order valence-corrected chi connectivity index (χ4v) is 1.55. The van der Waals surface area contributed by atoms with Crippen LogP contribution in [0.2, 0.25) is 0 Å². The van der Waals surface area contributed by atoms with Gasteiger partial charge in [-0.3, -0.25) is 4.79 Å². The van der Waals surface area contributed by atoms with Crippen molar-refractivity contribution in [1.29, 1.82) is 0 Å². The first-order chi connectivity index (χ1) is 7.28. The van der Waals surface area contributed by atoms with E-state index in [9.17, 15) is 27.2 Å². The molecule has 0 bridgehead atoms. The summed E-state index contributed by atoms with van der Waals surface area (Å²) in [4.78, 5) is 21.9. The molecule has 8 heteroatoms. The lowest BCUT2D eigenvalue weighted by atomic mass is 10.2. The smallest absolute Gasteiger partial charge is 0.383 e. The van der Waals surface area contributed by atoms with Crippen LogP contribution < -0.4 is 0 Å². The Kier molecular flexibility index (Phi) is 3.39. The van der Waals surface area contributed by atoms with E-state index in [4.69, 9.17) is 5.11 Å². The van der Waals surface area contributed by atoms with Gasteiger partial charge >= 0.3 is 18.3 Å². The third kappa shape index (κ3) is 2.10. The molecule has 1 aliphatic rings. The Morgan fingerprint density at radius 3 is 2.38 bits per heavy atom. The van der Waals surface area contributed by atoms with Crippen molar-refractivity contribution in [2.24, 2.45) is 0 Å². The van der Waals surface area contributed by atoms with Crippen LogP contribution in [0.4, 0.5) is 17.6 Å². The number of amides is 1. The highest BCUT2D eigenvalue weighted by Crippen LogP contribution is 2.29. The number of likely N-dealkylation sites (tertiary alicyclic amines) is 1. The van der Waals surface area contributed by atoms with E-state index >= 15 is 0 Å². The van der Waals surface area contributed by atoms with Gasteiger partial charge in [-0.2, -0.15) is 8.78 Å². The number of hydrogen-bond donors (Lipinski definition) is 1. The number of carbonyl (C=O) groups is 2. The molecule has 1 atom stereocenters. The Labute approximate surface area is 87.8 Å². The molecular formula is C8H9F4NO3. The second-order valence-corrected chi connectivity index (χ2v) is 3.42. The number of rotatable bonds is 3. The molecule has 0 radical (unpaired) electrons. The van der Waals surface area contributed by atoms with Crippen LogP contribution in [0.3, 0.4) is 0 Å². The van der Waals surface area contributed by atoms with Gasteiger partial charge in [0.05, 0.1) is 0 Å². The largest absolute Gasteiger partial charge is 0.480 e. The van der Waals surface area contributed by atoms with Gasteiger partial charge in [0.1, 0.15) is 6.04 Å². The molecule has 1 N–H and O–H groups in total. The molecule has 0 unspecified atom stereocenters. The molecule has 1 heterocycles. The number of carboxylic acids is 1. The van der Waals surface area contributed by atoms with Crippen molar-refractivity contribution in [3.63, 3.8) is 0 Å². The maximum absolute atomic E-state index is 12.7. The normalized spacial score (nSPS) is 21.6. The van der Waals surface area contributed by atoms with Crippen LogP contribution in [0.25, 0.3) is 0 Å². The summed E-state index contributed by atoms with van der Waals surface area (Å²) in [5.41, 5.74) is 0. The quantitative estimate of drug-likeness (QED) is 0.751. The minimum Gasteiger partial charge on any atom is -0.480 e. The maximum Gasteiger partial charge on any atom is 0.383 e. The summed E-state index contributed by atoms with van der Waals surface area (Å²) >= 11 is 0. The van der Waals surface area contributed by atoms with Crippen LogP contribution in [-0.2, 0) is 9.59 Å². The van der Waals surface area contributed by atoms with Gasteiger partial charge in [-0.05, 0) is 12.8 Å². The minimum absolute atomic E-state index is 0.000388. The molecule has 0 aromatic rings. The summed E-state index contributed by atoms with van der Waals surface area (Å²) in [6.07, 6.45) is -3.92. The van der Waals surface area contributed by atoms with Crippen LogP contribution >= 0.6 is 0 Å². The van der Waals surface area contributed by atoms with Gasteiger partial charge in [-0.15, -0.1) is 0 Å². The Bertz CT molecular complexity index is 308. The Morgan fingerprint density at radius 2 is 1.94 bits per heavy atom. The lowest BCUT2D eigenvalue weighted by Crippen LogP contribution is -2.51. The van der Waals surface area contributed by atoms with Gasteiger partial charge in [0.2, 0.25) is 0 Å². The number of alkyl halides is 4. The number of carbonyl (C=O) groups excluding carboxylic acids is 1. The monoisotopic (exact) mass is 243 g/mol. The second kappa shape index (κ2) is 4.26. The number of carboxylic acid groups (broad SMARTS) is 1. The topological polar surface area (TPSA) is 57.6 Å². The second-order valence-electron chi connectivity index (χ2n) is 3.42. The standard InChI is InChI=1S/C8H9F4NO3/c9-6(10)8(11,12)7(16)13-3-1-2-4(13)5(14)15/h4,6H,1-3H2,(H,14,15)/t4-/m0/s1. The molecule has 1 rings (SSSR count). The zero-order valence-electron chi connectivity index (χ0n) is 8.00. The Balaban J connectivity index is 2.85. The highest BCUT2D eigenvalue weighted by atomic mass is 19.3. The van der Waals surface area contributed by atoms with E-state index in [1.807, 2.05) is 0 Å². The Hall–Kier alpha value is -1.34. The summed E-state index contributed by atoms with van der Waals surface area (Å²) in [7, 11) is 0. The van der Waals surface area contributed by atoms with Crippen molar-refractivity contribution in [3.8, 4) is 0 Å². The minimum atomic E-state index is -4.82. The van der Waals surface area contributed by atoms with Gasteiger partial charge in [-0.1, -0.05) is 0 Å². The molecule has 0 aliphatic carbocycles. The highest BCUT2D eigenvalue weighted by molar-refractivity contribution is 5.89. The maximum atomic E-state index is 12.7. The van der Waals surface area contributed by atoms with Crippen molar-refractivity contribution >= 4 is 11.9 Å². The molecule has 0 aromatic heterocycles. The van der Waals surface area contributed by atoms with Crippen molar-refractivity contribution < 1.29 is 32.3 Å². The van der Waals surface area contributed by atoms with Crippen molar-refractivity contribution in [3.05, 3.63) is 0 Å². The van der Waals surface area contributed by atoms with Crippen LogP contribution in [0.1, 0.15) is 12.8 Å². The van der Waals surface area contributed by atoms with Gasteiger partial charge in [0, 0.05) is 6.54 Å². The summed E-state index contributed by atoms with van der Waals surface area (Å²) in [5, 5.41) is 8.61. The first kappa shape index (κ1) is 12.7. The van der Waals surface area contributed by atoms with Gasteiger partial charge < -0.3 is 10.0 Å². The molecule has 1 fully saturated rings. The van der Waals surface area contributed by atoms with E-state index in [1.165, 1.54) is 0 Å². The zero-order valence-corrected chi connectivity index (χ0v) is 8.00. The van der Waals surface area contributed by atoms with Crippen molar-refractivity contribution in [2.45, 2.75) is 31.2 Å². The van der Waals surface area contributed by atoms with Gasteiger partial charge in [0.15, 0.2) is 0 Å². The number of nitrogens with zero attached hydrogens (tertiary/aromatic N) is 1. The molecule has 0 spiro atoms. The van der Waals surface area contributed by atoms with E-state index in [0.717, 1.165) is 0 Å². The predicted octanol–water partition coefficient (Wildman–Crippen LogP) is 0.962. The number of aliphatic carboxylic acids is 1. The third-order valence-corrected chi connectivity index (χ3v) is 2.36. The summed E-state index contributed by atoms with van der Waals surface area (Å²) in [5.74, 6) is -8.40. The van der Waals surface area contributed by atoms with Crippen molar-refractivity contribution in [1.82, 2.24) is 4.90 Å². The summed E-state index contributed by atoms with van der Waals surface area (Å²) < 4.78 is 49.2. The first-order valence-electron chi connectivity index (χ1n) is 4.48. The molecule has 4 nitrogen and oxygen atoms in total. The molecule has 16 heavy (non-hydrogen) atoms. The van der Waals surface area contributed by atoms with E-state index in [1.54, 1.807) is 0 Å². The van der Waals surface area contributed by atoms with E-state index in [0.29, 0.717) is 4.90 Å². The lowest BCUT2D eigenvalue weighted by molar-refractivity contribution is -0.183. The SMILES string of the molecule is O=C(O)[C@@H]1CCCN1C(=O)C(F)(F)C(F)F. The summed E-state index contributed by atoms with van der Waals surface area (Å²) in [6, 6.07) is -1.43. The average molecular weight is 243 g/mol. The number of hydrogen-bond acceptors (Lipinski definition) is 2. The molecule has 1 amide bonds. The molecule has 1 saturated heterocycles. The van der Waals surface area contributed by atoms with Crippen molar-refractivity contribution in [2.75, 3.05) is 6.54 Å². The van der Waals surface area contributed by atoms with E-state index in [2.05, 4.69) is 0 Å². The van der Waals surface area contributed by atoms with Crippen LogP contribution in [0.5, 0.6) is 0 Å². The fraction of sp³-hybridized carbons (Fsp3) is 0.750. The Morgan fingerprint density at radius 1 is 1.38 bits per heavy atom. The molecule has 92 valence electrons. The van der Waals surface area contributed by atoms with E-state index in [-0.39, 0.29) is 19.4 Å². The van der Waals surface area contributed by atoms with Gasteiger partial charge in [-0.25, -0.2) is 13.6 Å². The zero-order chi connectivity index (χ0) is 12.5. The summed E-state index contributed by atoms with van der Waals surface area (Å²) in [6.45, 7) is -0.238. The van der Waals surface area contributed by atoms with Crippen LogP contribution in [0, 0.1) is 0 Å². The average Bonchev–Trinajstić information content (AvgIpc) is 2.64. The first-order valence-corrected chi connectivity index (χ1v) is 4.48. The molecule has 0 aromatic carbocycles. The number of halogens is 4. The van der Waals surface area contributed by atoms with Crippen LogP contribution in [0.15, 0.2) is 0 Å². The molecule has 1 aliphatic heterocycles. The molecule has 0 saturated carbocycles. The van der Waals surface area contributed by atoms with E-state index < -0.39 is 30.3 Å². The molecular weight excluding hydrogens is 234 g/mol. The lowest BCUT2D eigenvalue weighted by Gasteiger charge is -2.25. The highest BCUT2D eigenvalue weighted by Gasteiger charge is 2.53. The van der Waals surface area contributed by atoms with Crippen LogP contribution in [-0.4, -0.2) is 46.8 Å².